The largest absolute Gasteiger partial charge is 0.373 e. The Morgan fingerprint density at radius 3 is 3.11 bits per heavy atom. The first-order valence-electron chi connectivity index (χ1n) is 6.39. The van der Waals surface area contributed by atoms with Crippen LogP contribution in [-0.2, 0) is 11.3 Å². The molecule has 1 atom stereocenters. The van der Waals surface area contributed by atoms with E-state index in [2.05, 4.69) is 18.0 Å². The van der Waals surface area contributed by atoms with Crippen LogP contribution in [0.25, 0.3) is 11.0 Å². The van der Waals surface area contributed by atoms with E-state index in [1.54, 1.807) is 6.07 Å². The van der Waals surface area contributed by atoms with E-state index in [1.807, 2.05) is 16.7 Å². The van der Waals surface area contributed by atoms with Gasteiger partial charge in [-0.15, -0.1) is 0 Å². The number of aromatic amines is 1. The van der Waals surface area contributed by atoms with Crippen LogP contribution in [-0.4, -0.2) is 21.8 Å². The molecule has 0 bridgehead atoms. The van der Waals surface area contributed by atoms with Gasteiger partial charge < -0.3 is 14.3 Å². The highest BCUT2D eigenvalue weighted by molar-refractivity contribution is 7.71. The number of nitrogens with one attached hydrogen (secondary N) is 1. The number of para-hydroxylation sites is 1. The fourth-order valence-electron chi connectivity index (χ4n) is 2.73. The fourth-order valence-corrected chi connectivity index (χ4v) is 2.99. The lowest BCUT2D eigenvalue weighted by Crippen LogP contribution is -2.29. The number of rotatable bonds is 2. The van der Waals surface area contributed by atoms with Gasteiger partial charge in [0.05, 0.1) is 28.7 Å². The number of aromatic nitrogens is 2. The Bertz CT molecular complexity index is 716. The highest BCUT2D eigenvalue weighted by atomic mass is 32.1. The van der Waals surface area contributed by atoms with Crippen molar-refractivity contribution in [3.63, 3.8) is 0 Å². The monoisotopic (exact) mass is 273 g/mol. The summed E-state index contributed by atoms with van der Waals surface area (Å²) in [5.74, 6) is 0. The van der Waals surface area contributed by atoms with Crippen molar-refractivity contribution in [1.29, 1.82) is 5.26 Å². The number of benzene rings is 1. The second kappa shape index (κ2) is 4.48. The molecule has 19 heavy (non-hydrogen) atoms. The van der Waals surface area contributed by atoms with Gasteiger partial charge in [0.15, 0.2) is 4.77 Å². The summed E-state index contributed by atoms with van der Waals surface area (Å²) in [5, 5.41) is 9.13. The highest BCUT2D eigenvalue weighted by Crippen LogP contribution is 2.29. The molecule has 1 saturated heterocycles. The van der Waals surface area contributed by atoms with E-state index < -0.39 is 0 Å². The van der Waals surface area contributed by atoms with Crippen LogP contribution in [0.5, 0.6) is 0 Å². The molecule has 0 amide bonds. The number of nitrogens with zero attached hydrogens (tertiary/aromatic N) is 2. The molecule has 1 fully saturated rings. The number of imidazole rings is 1. The quantitative estimate of drug-likeness (QED) is 0.855. The van der Waals surface area contributed by atoms with E-state index >= 15 is 0 Å². The average molecular weight is 273 g/mol. The van der Waals surface area contributed by atoms with Crippen LogP contribution in [0.1, 0.15) is 25.3 Å². The molecule has 0 spiro atoms. The smallest absolute Gasteiger partial charge is 0.178 e. The second-order valence-electron chi connectivity index (χ2n) is 5.23. The SMILES string of the molecule is CC1(Cn2c(=S)[nH]c3c(C#N)cccc32)CCCO1. The van der Waals surface area contributed by atoms with Gasteiger partial charge in [-0.3, -0.25) is 0 Å². The topological polar surface area (TPSA) is 53.7 Å². The van der Waals surface area contributed by atoms with Crippen LogP contribution in [0.3, 0.4) is 0 Å². The predicted octanol–water partition coefficient (Wildman–Crippen LogP) is 3.14. The van der Waals surface area contributed by atoms with Crippen molar-refractivity contribution < 1.29 is 4.74 Å². The van der Waals surface area contributed by atoms with Crippen molar-refractivity contribution in [2.24, 2.45) is 0 Å². The van der Waals surface area contributed by atoms with Crippen LogP contribution in [0.4, 0.5) is 0 Å². The van der Waals surface area contributed by atoms with Crippen molar-refractivity contribution in [1.82, 2.24) is 9.55 Å². The average Bonchev–Trinajstić information content (AvgIpc) is 2.95. The first-order valence-corrected chi connectivity index (χ1v) is 6.79. The van der Waals surface area contributed by atoms with Gasteiger partial charge in [0, 0.05) is 6.61 Å². The Labute approximate surface area is 116 Å². The summed E-state index contributed by atoms with van der Waals surface area (Å²) in [6.07, 6.45) is 2.13. The first kappa shape index (κ1) is 12.4. The standard InChI is InChI=1S/C14H15N3OS/c1-14(6-3-7-18-14)9-17-11-5-2-4-10(8-15)12(11)16-13(17)19/h2,4-5H,3,6-7,9H2,1H3,(H,16,19). The normalized spacial score (nSPS) is 22.7. The first-order chi connectivity index (χ1) is 9.13. The van der Waals surface area contributed by atoms with E-state index in [0.29, 0.717) is 10.3 Å². The van der Waals surface area contributed by atoms with E-state index in [0.717, 1.165) is 37.0 Å². The van der Waals surface area contributed by atoms with Gasteiger partial charge in [0.2, 0.25) is 0 Å². The lowest BCUT2D eigenvalue weighted by Gasteiger charge is -2.23. The molecule has 2 heterocycles. The van der Waals surface area contributed by atoms with E-state index in [1.165, 1.54) is 0 Å². The number of nitriles is 1. The van der Waals surface area contributed by atoms with Gasteiger partial charge in [0.1, 0.15) is 6.07 Å². The highest BCUT2D eigenvalue weighted by Gasteiger charge is 2.31. The van der Waals surface area contributed by atoms with Crippen molar-refractivity contribution in [3.8, 4) is 6.07 Å². The molecule has 1 aromatic heterocycles. The molecule has 1 unspecified atom stereocenters. The Morgan fingerprint density at radius 2 is 2.42 bits per heavy atom. The van der Waals surface area contributed by atoms with E-state index in [9.17, 15) is 0 Å². The van der Waals surface area contributed by atoms with Crippen LogP contribution in [0.15, 0.2) is 18.2 Å². The third kappa shape index (κ3) is 2.07. The number of fused-ring (bicyclic) bond motifs is 1. The summed E-state index contributed by atoms with van der Waals surface area (Å²) in [7, 11) is 0. The number of ether oxygens (including phenoxy) is 1. The Hall–Kier alpha value is -1.64. The molecule has 5 heteroatoms. The fraction of sp³-hybridized carbons (Fsp3) is 0.429. The van der Waals surface area contributed by atoms with Crippen molar-refractivity contribution in [3.05, 3.63) is 28.5 Å². The molecule has 0 saturated carbocycles. The minimum Gasteiger partial charge on any atom is -0.373 e. The third-order valence-corrected chi connectivity index (χ3v) is 4.05. The molecule has 0 aliphatic carbocycles. The van der Waals surface area contributed by atoms with Gasteiger partial charge >= 0.3 is 0 Å². The zero-order valence-electron chi connectivity index (χ0n) is 10.8. The molecule has 1 aromatic carbocycles. The summed E-state index contributed by atoms with van der Waals surface area (Å²) >= 11 is 5.39. The molecule has 4 nitrogen and oxygen atoms in total. The summed E-state index contributed by atoms with van der Waals surface area (Å²) in [5.41, 5.74) is 2.26. The van der Waals surface area contributed by atoms with E-state index in [-0.39, 0.29) is 5.60 Å². The van der Waals surface area contributed by atoms with Crippen molar-refractivity contribution in [2.45, 2.75) is 31.9 Å². The number of hydrogen-bond acceptors (Lipinski definition) is 3. The summed E-state index contributed by atoms with van der Waals surface area (Å²) < 4.78 is 8.51. The number of H-pyrrole nitrogens is 1. The van der Waals surface area contributed by atoms with Gasteiger partial charge in [-0.1, -0.05) is 6.07 Å². The Balaban J connectivity index is 2.12. The van der Waals surface area contributed by atoms with Gasteiger partial charge in [-0.05, 0) is 44.1 Å². The molecular formula is C14H15N3OS. The molecule has 1 N–H and O–H groups in total. The van der Waals surface area contributed by atoms with Gasteiger partial charge in [-0.2, -0.15) is 5.26 Å². The number of hydrogen-bond donors (Lipinski definition) is 1. The zero-order valence-corrected chi connectivity index (χ0v) is 11.6. The Morgan fingerprint density at radius 1 is 1.58 bits per heavy atom. The van der Waals surface area contributed by atoms with Crippen LogP contribution < -0.4 is 0 Å². The summed E-state index contributed by atoms with van der Waals surface area (Å²) in [6.45, 7) is 3.66. The minimum atomic E-state index is -0.157. The minimum absolute atomic E-state index is 0.157. The van der Waals surface area contributed by atoms with E-state index in [4.69, 9.17) is 22.2 Å². The lowest BCUT2D eigenvalue weighted by molar-refractivity contribution is 0.00679. The Kier molecular flexibility index (Phi) is 2.92. The van der Waals surface area contributed by atoms with Crippen LogP contribution >= 0.6 is 12.2 Å². The summed E-state index contributed by atoms with van der Waals surface area (Å²) in [6, 6.07) is 7.86. The van der Waals surface area contributed by atoms with Crippen molar-refractivity contribution >= 4 is 23.3 Å². The third-order valence-electron chi connectivity index (χ3n) is 3.72. The van der Waals surface area contributed by atoms with Gasteiger partial charge in [-0.25, -0.2) is 0 Å². The lowest BCUT2D eigenvalue weighted by atomic mass is 10.0. The molecular weight excluding hydrogens is 258 g/mol. The molecule has 0 radical (unpaired) electrons. The van der Waals surface area contributed by atoms with Crippen molar-refractivity contribution in [2.75, 3.05) is 6.61 Å². The maximum atomic E-state index is 9.13. The zero-order chi connectivity index (χ0) is 13.5. The molecule has 98 valence electrons. The molecule has 1 aliphatic heterocycles. The molecule has 1 aliphatic rings. The molecule has 3 rings (SSSR count). The molecule has 2 aromatic rings. The maximum absolute atomic E-state index is 9.13. The van der Waals surface area contributed by atoms with Crippen LogP contribution in [0.2, 0.25) is 0 Å². The van der Waals surface area contributed by atoms with Crippen LogP contribution in [0, 0.1) is 16.1 Å². The predicted molar refractivity (Wildman–Crippen MR) is 75.4 cm³/mol. The second-order valence-corrected chi connectivity index (χ2v) is 5.62. The summed E-state index contributed by atoms with van der Waals surface area (Å²) in [4.78, 5) is 3.14. The maximum Gasteiger partial charge on any atom is 0.178 e. The van der Waals surface area contributed by atoms with Gasteiger partial charge in [0.25, 0.3) is 0 Å².